The van der Waals surface area contributed by atoms with E-state index in [9.17, 15) is 9.59 Å². The Morgan fingerprint density at radius 1 is 0.906 bits per heavy atom. The number of nitrogens with zero attached hydrogens (tertiary/aromatic N) is 1. The molecule has 0 bridgehead atoms. The van der Waals surface area contributed by atoms with Crippen LogP contribution < -0.4 is 10.4 Å². The lowest BCUT2D eigenvalue weighted by Crippen LogP contribution is -2.68. The molecule has 2 aromatic rings. The molecule has 1 aliphatic heterocycles. The lowest BCUT2D eigenvalue weighted by molar-refractivity contribution is -0.135. The van der Waals surface area contributed by atoms with Gasteiger partial charge in [0.2, 0.25) is 5.91 Å². The first kappa shape index (κ1) is 24.2. The fourth-order valence-corrected chi connectivity index (χ4v) is 9.05. The fourth-order valence-electron chi connectivity index (χ4n) is 4.35. The van der Waals surface area contributed by atoms with Crippen LogP contribution in [0, 0.1) is 0 Å². The van der Waals surface area contributed by atoms with Crippen molar-refractivity contribution in [1.82, 2.24) is 4.90 Å². The quantitative estimate of drug-likeness (QED) is 0.640. The van der Waals surface area contributed by atoms with Gasteiger partial charge in [0.05, 0.1) is 12.6 Å². The second-order valence-electron chi connectivity index (χ2n) is 10.4. The zero-order valence-electron chi connectivity index (χ0n) is 20.1. The molecule has 2 aromatic carbocycles. The third-order valence-corrected chi connectivity index (χ3v) is 10.8. The van der Waals surface area contributed by atoms with E-state index in [4.69, 9.17) is 9.16 Å². The molecule has 1 aliphatic rings. The van der Waals surface area contributed by atoms with E-state index in [0.29, 0.717) is 6.42 Å². The molecular formula is C26H35NO4Si. The molecule has 1 heterocycles. The molecule has 0 N–H and O–H groups in total. The number of carbonyl (C=O) groups excluding carboxylic acids is 2. The van der Waals surface area contributed by atoms with Gasteiger partial charge in [0.15, 0.2) is 0 Å². The largest absolute Gasteiger partial charge is 0.443 e. The van der Waals surface area contributed by atoms with Gasteiger partial charge in [-0.05, 0) is 42.6 Å². The van der Waals surface area contributed by atoms with E-state index in [2.05, 4.69) is 45.0 Å². The van der Waals surface area contributed by atoms with Crippen LogP contribution in [0.3, 0.4) is 0 Å². The number of benzene rings is 2. The molecule has 2 amide bonds. The standard InChI is InChI=1S/C26H35NO4Si/c1-25(2,3)30-24(29)27-19-20(17-18-23(27)28)31-32(26(4,5)6,21-13-9-7-10-14-21)22-15-11-8-12-16-22/h7-16,20H,17-19H2,1-6H3/t20-/m1/s1. The van der Waals surface area contributed by atoms with Crippen LogP contribution in [0.2, 0.25) is 5.04 Å². The Bertz CT molecular complexity index is 892. The molecule has 32 heavy (non-hydrogen) atoms. The molecule has 5 nitrogen and oxygen atoms in total. The van der Waals surface area contributed by atoms with Crippen molar-refractivity contribution < 1.29 is 18.8 Å². The molecular weight excluding hydrogens is 418 g/mol. The second kappa shape index (κ2) is 9.20. The van der Waals surface area contributed by atoms with Gasteiger partial charge in [-0.25, -0.2) is 9.69 Å². The van der Waals surface area contributed by atoms with E-state index < -0.39 is 20.0 Å². The highest BCUT2D eigenvalue weighted by Gasteiger charge is 2.52. The zero-order chi connectivity index (χ0) is 23.6. The lowest BCUT2D eigenvalue weighted by Gasteiger charge is -2.46. The Morgan fingerprint density at radius 2 is 1.41 bits per heavy atom. The number of likely N-dealkylation sites (tertiary alicyclic amines) is 1. The van der Waals surface area contributed by atoms with Gasteiger partial charge in [0.1, 0.15) is 5.60 Å². The summed E-state index contributed by atoms with van der Waals surface area (Å²) < 4.78 is 12.6. The first-order valence-corrected chi connectivity index (χ1v) is 13.2. The predicted molar refractivity (Wildman–Crippen MR) is 130 cm³/mol. The predicted octanol–water partition coefficient (Wildman–Crippen LogP) is 4.49. The SMILES string of the molecule is CC(C)(C)OC(=O)N1C[C@H](O[Si](c2ccccc2)(c2ccccc2)C(C)(C)C)CCC1=O. The third kappa shape index (κ3) is 5.13. The molecule has 6 heteroatoms. The van der Waals surface area contributed by atoms with Crippen molar-refractivity contribution in [3.05, 3.63) is 60.7 Å². The van der Waals surface area contributed by atoms with E-state index in [-0.39, 0.29) is 30.0 Å². The van der Waals surface area contributed by atoms with Gasteiger partial charge in [-0.1, -0.05) is 81.4 Å². The number of hydrogen-bond acceptors (Lipinski definition) is 4. The maximum Gasteiger partial charge on any atom is 0.417 e. The molecule has 1 fully saturated rings. The third-order valence-electron chi connectivity index (χ3n) is 5.74. The molecule has 3 rings (SSSR count). The molecule has 0 radical (unpaired) electrons. The lowest BCUT2D eigenvalue weighted by atomic mass is 10.1. The second-order valence-corrected chi connectivity index (χ2v) is 14.7. The van der Waals surface area contributed by atoms with Crippen LogP contribution >= 0.6 is 0 Å². The van der Waals surface area contributed by atoms with Gasteiger partial charge in [-0.2, -0.15) is 0 Å². The van der Waals surface area contributed by atoms with Gasteiger partial charge in [0.25, 0.3) is 8.32 Å². The smallest absolute Gasteiger partial charge is 0.417 e. The highest BCUT2D eigenvalue weighted by Crippen LogP contribution is 2.38. The summed E-state index contributed by atoms with van der Waals surface area (Å²) in [6.07, 6.45) is -0.00477. The number of amides is 2. The van der Waals surface area contributed by atoms with Gasteiger partial charge < -0.3 is 9.16 Å². The van der Waals surface area contributed by atoms with E-state index >= 15 is 0 Å². The van der Waals surface area contributed by atoms with Crippen LogP contribution in [0.15, 0.2) is 60.7 Å². The molecule has 0 aliphatic carbocycles. The van der Waals surface area contributed by atoms with E-state index in [1.165, 1.54) is 15.3 Å². The van der Waals surface area contributed by atoms with Crippen molar-refractivity contribution in [2.45, 2.75) is 71.1 Å². The van der Waals surface area contributed by atoms with Gasteiger partial charge in [-0.3, -0.25) is 4.79 Å². The number of rotatable bonds is 4. The molecule has 0 aromatic heterocycles. The van der Waals surface area contributed by atoms with Crippen molar-refractivity contribution in [2.24, 2.45) is 0 Å². The van der Waals surface area contributed by atoms with Crippen molar-refractivity contribution in [3.8, 4) is 0 Å². The fraction of sp³-hybridized carbons (Fsp3) is 0.462. The minimum absolute atomic E-state index is 0.173. The molecule has 0 unspecified atom stereocenters. The number of piperidine rings is 1. The van der Waals surface area contributed by atoms with Crippen LogP contribution in [-0.2, 0) is 14.0 Å². The number of hydrogen-bond donors (Lipinski definition) is 0. The van der Waals surface area contributed by atoms with E-state index in [1.807, 2.05) is 36.4 Å². The van der Waals surface area contributed by atoms with Crippen molar-refractivity contribution in [3.63, 3.8) is 0 Å². The molecule has 1 saturated heterocycles. The summed E-state index contributed by atoms with van der Waals surface area (Å²) in [7, 11) is -2.76. The van der Waals surface area contributed by atoms with E-state index in [0.717, 1.165) is 0 Å². The average molecular weight is 454 g/mol. The molecule has 172 valence electrons. The Kier molecular flexibility index (Phi) is 6.96. The Balaban J connectivity index is 2.00. The van der Waals surface area contributed by atoms with Crippen LogP contribution in [0.1, 0.15) is 54.4 Å². The summed E-state index contributed by atoms with van der Waals surface area (Å²) in [5.74, 6) is -0.207. The summed E-state index contributed by atoms with van der Waals surface area (Å²) in [4.78, 5) is 26.5. The minimum atomic E-state index is -2.76. The summed E-state index contributed by atoms with van der Waals surface area (Å²) >= 11 is 0. The summed E-state index contributed by atoms with van der Waals surface area (Å²) in [6.45, 7) is 12.3. The first-order valence-electron chi connectivity index (χ1n) is 11.3. The highest BCUT2D eigenvalue weighted by molar-refractivity contribution is 6.99. The first-order chi connectivity index (χ1) is 14.9. The van der Waals surface area contributed by atoms with Crippen LogP contribution in [0.4, 0.5) is 4.79 Å². The maximum atomic E-state index is 12.7. The normalized spacial score (nSPS) is 17.9. The molecule has 1 atom stereocenters. The Hall–Kier alpha value is -2.44. The Morgan fingerprint density at radius 3 is 1.84 bits per heavy atom. The Labute approximate surface area is 192 Å². The summed E-state index contributed by atoms with van der Waals surface area (Å²) in [5, 5.41) is 2.19. The maximum absolute atomic E-state index is 12.7. The van der Waals surface area contributed by atoms with Gasteiger partial charge in [-0.15, -0.1) is 0 Å². The van der Waals surface area contributed by atoms with Crippen molar-refractivity contribution in [2.75, 3.05) is 6.54 Å². The van der Waals surface area contributed by atoms with Crippen LogP contribution in [0.25, 0.3) is 0 Å². The van der Waals surface area contributed by atoms with Crippen LogP contribution in [0.5, 0.6) is 0 Å². The topological polar surface area (TPSA) is 55.8 Å². The summed E-state index contributed by atoms with van der Waals surface area (Å²) in [5.41, 5.74) is -0.664. The summed E-state index contributed by atoms with van der Waals surface area (Å²) in [6, 6.07) is 20.8. The number of carbonyl (C=O) groups is 2. The number of imide groups is 1. The molecule has 0 spiro atoms. The van der Waals surface area contributed by atoms with Gasteiger partial charge >= 0.3 is 6.09 Å². The minimum Gasteiger partial charge on any atom is -0.443 e. The van der Waals surface area contributed by atoms with Crippen LogP contribution in [-0.4, -0.2) is 43.5 Å². The zero-order valence-corrected chi connectivity index (χ0v) is 21.1. The van der Waals surface area contributed by atoms with E-state index in [1.54, 1.807) is 20.8 Å². The van der Waals surface area contributed by atoms with Crippen molar-refractivity contribution in [1.29, 1.82) is 0 Å². The average Bonchev–Trinajstić information content (AvgIpc) is 2.72. The van der Waals surface area contributed by atoms with Gasteiger partial charge in [0, 0.05) is 6.42 Å². The number of ether oxygens (including phenoxy) is 1. The monoisotopic (exact) mass is 453 g/mol. The molecule has 0 saturated carbocycles. The van der Waals surface area contributed by atoms with Crippen molar-refractivity contribution >= 4 is 30.7 Å². The highest BCUT2D eigenvalue weighted by atomic mass is 28.4.